The molecule has 0 saturated heterocycles. The van der Waals surface area contributed by atoms with Gasteiger partial charge in [-0.3, -0.25) is 4.79 Å². The summed E-state index contributed by atoms with van der Waals surface area (Å²) < 4.78 is 0. The van der Waals surface area contributed by atoms with Gasteiger partial charge in [-0.2, -0.15) is 0 Å². The molecule has 4 aliphatic carbocycles. The Hall–Kier alpha value is -1.94. The molecule has 1 N–H and O–H groups in total. The van der Waals surface area contributed by atoms with Crippen LogP contribution in [0.25, 0.3) is 0 Å². The number of benzene rings is 2. The first-order valence-electron chi connectivity index (χ1n) is 12.0. The van der Waals surface area contributed by atoms with Crippen LogP contribution < -0.4 is 10.2 Å². The molecule has 0 aromatic heterocycles. The molecule has 0 unspecified atom stereocenters. The van der Waals surface area contributed by atoms with E-state index < -0.39 is 0 Å². The molecular weight excluding hydrogens is 400 g/mol. The van der Waals surface area contributed by atoms with Crippen molar-refractivity contribution in [1.29, 1.82) is 0 Å². The molecule has 2 aromatic rings. The van der Waals surface area contributed by atoms with Gasteiger partial charge in [0.2, 0.25) is 5.91 Å². The minimum Gasteiger partial charge on any atom is -0.353 e. The van der Waals surface area contributed by atoms with Gasteiger partial charge in [0, 0.05) is 28.8 Å². The van der Waals surface area contributed by atoms with Crippen molar-refractivity contribution in [2.45, 2.75) is 67.7 Å². The van der Waals surface area contributed by atoms with Crippen molar-refractivity contribution in [3.8, 4) is 0 Å². The summed E-state index contributed by atoms with van der Waals surface area (Å²) in [6.45, 7) is 3.00. The molecule has 5 aliphatic rings. The van der Waals surface area contributed by atoms with E-state index in [2.05, 4.69) is 65.7 Å². The van der Waals surface area contributed by atoms with Gasteiger partial charge in [-0.25, -0.2) is 0 Å². The maximum Gasteiger partial charge on any atom is 0.222 e. The lowest BCUT2D eigenvalue weighted by Crippen LogP contribution is -2.56. The van der Waals surface area contributed by atoms with Crippen molar-refractivity contribution in [3.05, 3.63) is 48.5 Å². The molecule has 7 rings (SSSR count). The van der Waals surface area contributed by atoms with Gasteiger partial charge in [0.1, 0.15) is 0 Å². The second kappa shape index (κ2) is 7.58. The van der Waals surface area contributed by atoms with E-state index in [0.717, 1.165) is 17.8 Å². The monoisotopic (exact) mass is 432 g/mol. The van der Waals surface area contributed by atoms with Crippen molar-refractivity contribution in [3.63, 3.8) is 0 Å². The van der Waals surface area contributed by atoms with Crippen molar-refractivity contribution in [2.75, 3.05) is 11.4 Å². The maximum absolute atomic E-state index is 13.1. The molecule has 1 aliphatic heterocycles. The zero-order chi connectivity index (χ0) is 21.0. The molecule has 4 saturated carbocycles. The Labute approximate surface area is 190 Å². The van der Waals surface area contributed by atoms with Crippen molar-refractivity contribution in [2.24, 2.45) is 23.2 Å². The highest BCUT2D eigenvalue weighted by molar-refractivity contribution is 7.99. The number of carbonyl (C=O) groups excluding carboxylic acids is 1. The van der Waals surface area contributed by atoms with Gasteiger partial charge in [0.25, 0.3) is 0 Å². The van der Waals surface area contributed by atoms with Crippen LogP contribution in [0.1, 0.15) is 51.9 Å². The molecule has 2 aromatic carbocycles. The fraction of sp³-hybridized carbons (Fsp3) is 0.519. The summed E-state index contributed by atoms with van der Waals surface area (Å²) in [5, 5.41) is 3.45. The van der Waals surface area contributed by atoms with Crippen LogP contribution in [-0.2, 0) is 4.79 Å². The number of hydrogen-bond acceptors (Lipinski definition) is 3. The average Bonchev–Trinajstić information content (AvgIpc) is 2.75. The topological polar surface area (TPSA) is 32.3 Å². The number of amides is 1. The molecule has 0 spiro atoms. The zero-order valence-corrected chi connectivity index (χ0v) is 19.2. The first-order chi connectivity index (χ1) is 15.1. The molecule has 3 nitrogen and oxygen atoms in total. The molecule has 0 radical (unpaired) electrons. The third-order valence-corrected chi connectivity index (χ3v) is 9.61. The zero-order valence-electron chi connectivity index (χ0n) is 18.3. The Morgan fingerprint density at radius 2 is 1.48 bits per heavy atom. The van der Waals surface area contributed by atoms with Crippen LogP contribution in [0.4, 0.5) is 11.4 Å². The van der Waals surface area contributed by atoms with E-state index in [1.807, 2.05) is 11.8 Å². The molecule has 1 amide bonds. The van der Waals surface area contributed by atoms with E-state index >= 15 is 0 Å². The molecule has 4 fully saturated rings. The second-order valence-corrected chi connectivity index (χ2v) is 11.6. The normalized spacial score (nSPS) is 31.1. The van der Waals surface area contributed by atoms with E-state index in [9.17, 15) is 4.79 Å². The minimum absolute atomic E-state index is 0.205. The molecule has 31 heavy (non-hydrogen) atoms. The lowest BCUT2D eigenvalue weighted by Gasteiger charge is -2.59. The molecule has 4 heteroatoms. The summed E-state index contributed by atoms with van der Waals surface area (Å²) in [6, 6.07) is 17.4. The number of para-hydroxylation sites is 2. The van der Waals surface area contributed by atoms with Crippen molar-refractivity contribution >= 4 is 29.0 Å². The van der Waals surface area contributed by atoms with Crippen LogP contribution in [0.2, 0.25) is 0 Å². The first-order valence-corrected chi connectivity index (χ1v) is 12.8. The second-order valence-electron chi connectivity index (χ2n) is 10.5. The van der Waals surface area contributed by atoms with Crippen LogP contribution in [0.15, 0.2) is 58.3 Å². The summed E-state index contributed by atoms with van der Waals surface area (Å²) in [5.74, 6) is 2.97. The average molecular weight is 433 g/mol. The van der Waals surface area contributed by atoms with E-state index in [-0.39, 0.29) is 5.91 Å². The lowest BCUT2D eigenvalue weighted by atomic mass is 9.48. The maximum atomic E-state index is 13.1. The van der Waals surface area contributed by atoms with E-state index in [4.69, 9.17) is 0 Å². The largest absolute Gasteiger partial charge is 0.353 e. The van der Waals surface area contributed by atoms with Crippen molar-refractivity contribution < 1.29 is 4.79 Å². The highest BCUT2D eigenvalue weighted by Crippen LogP contribution is 2.61. The van der Waals surface area contributed by atoms with E-state index in [1.165, 1.54) is 59.7 Å². The summed E-state index contributed by atoms with van der Waals surface area (Å²) in [4.78, 5) is 17.9. The molecule has 1 heterocycles. The number of hydrogen-bond donors (Lipinski definition) is 1. The summed E-state index contributed by atoms with van der Waals surface area (Å²) in [7, 11) is 0. The fourth-order valence-corrected chi connectivity index (χ4v) is 8.51. The van der Waals surface area contributed by atoms with Gasteiger partial charge in [-0.15, -0.1) is 0 Å². The quantitative estimate of drug-likeness (QED) is 0.593. The van der Waals surface area contributed by atoms with Gasteiger partial charge < -0.3 is 10.2 Å². The lowest BCUT2D eigenvalue weighted by molar-refractivity contribution is -0.125. The molecule has 1 atom stereocenters. The van der Waals surface area contributed by atoms with E-state index in [1.54, 1.807) is 0 Å². The van der Waals surface area contributed by atoms with Gasteiger partial charge in [0.15, 0.2) is 0 Å². The van der Waals surface area contributed by atoms with Gasteiger partial charge in [-0.1, -0.05) is 36.0 Å². The number of rotatable bonds is 5. The number of nitrogens with zero attached hydrogens (tertiary/aromatic N) is 1. The highest BCUT2D eigenvalue weighted by atomic mass is 32.2. The van der Waals surface area contributed by atoms with Gasteiger partial charge in [-0.05, 0) is 92.9 Å². The fourth-order valence-electron chi connectivity index (χ4n) is 7.41. The van der Waals surface area contributed by atoms with Crippen LogP contribution in [0, 0.1) is 23.2 Å². The van der Waals surface area contributed by atoms with Crippen LogP contribution in [0.3, 0.4) is 0 Å². The van der Waals surface area contributed by atoms with Crippen LogP contribution in [0.5, 0.6) is 0 Å². The Morgan fingerprint density at radius 1 is 0.968 bits per heavy atom. The number of anilines is 2. The number of nitrogens with one attached hydrogen (secondary N) is 1. The third-order valence-electron chi connectivity index (χ3n) is 8.48. The van der Waals surface area contributed by atoms with Gasteiger partial charge in [0.05, 0.1) is 11.4 Å². The SMILES string of the molecule is C[C@@H](NC(=O)CCN1c2ccccc2Sc2ccccc21)C12CC3CC(CC(C3)C1)C2. The summed E-state index contributed by atoms with van der Waals surface area (Å²) in [6.07, 6.45) is 8.90. The van der Waals surface area contributed by atoms with Gasteiger partial charge >= 0.3 is 0 Å². The Balaban J connectivity index is 1.15. The van der Waals surface area contributed by atoms with E-state index in [0.29, 0.717) is 24.4 Å². The predicted molar refractivity (Wildman–Crippen MR) is 127 cm³/mol. The molecule has 162 valence electrons. The third kappa shape index (κ3) is 3.47. The summed E-state index contributed by atoms with van der Waals surface area (Å²) >= 11 is 1.82. The Kier molecular flexibility index (Phi) is 4.82. The Morgan fingerprint density at radius 3 is 2.03 bits per heavy atom. The standard InChI is InChI=1S/C27H32N2OS/c1-18(27-15-19-12-20(16-27)14-21(13-19)17-27)28-26(30)10-11-29-22-6-2-4-8-24(22)31-25-9-5-3-7-23(25)29/h2-9,18-21H,10-17H2,1H3,(H,28,30)/t18-,19?,20?,21?,27?/m1/s1. The highest BCUT2D eigenvalue weighted by Gasteiger charge is 2.53. The predicted octanol–water partition coefficient (Wildman–Crippen LogP) is 6.40. The summed E-state index contributed by atoms with van der Waals surface area (Å²) in [5.41, 5.74) is 2.80. The van der Waals surface area contributed by atoms with Crippen LogP contribution >= 0.6 is 11.8 Å². The number of carbonyl (C=O) groups is 1. The number of fused-ring (bicyclic) bond motifs is 2. The van der Waals surface area contributed by atoms with Crippen molar-refractivity contribution in [1.82, 2.24) is 5.32 Å². The molecule has 4 bridgehead atoms. The smallest absolute Gasteiger partial charge is 0.222 e. The molecular formula is C27H32N2OS. The minimum atomic E-state index is 0.205. The van der Waals surface area contributed by atoms with Crippen LogP contribution in [-0.4, -0.2) is 18.5 Å². The first kappa shape index (κ1) is 19.7. The Bertz CT molecular complexity index is 921.